The molecule has 2 aromatic carbocycles. The standard InChI is InChI=1S/C23H28N2O5/c1-23(2,3)15-5-10-20(28-4)19(13-15)25-22(27)21(26)24-16-6-8-17(9-7-16)30-18-11-12-29-14-18/h5-10,13,18H,11-12,14H2,1-4H3,(H,24,26)(H,25,27). The molecule has 7 heteroatoms. The van der Waals surface area contributed by atoms with Crippen LogP contribution in [0.5, 0.6) is 11.5 Å². The van der Waals surface area contributed by atoms with E-state index in [9.17, 15) is 9.59 Å². The van der Waals surface area contributed by atoms with E-state index < -0.39 is 11.8 Å². The second-order valence-corrected chi connectivity index (χ2v) is 8.20. The van der Waals surface area contributed by atoms with Gasteiger partial charge in [-0.3, -0.25) is 9.59 Å². The Balaban J connectivity index is 1.62. The van der Waals surface area contributed by atoms with Crippen LogP contribution < -0.4 is 20.1 Å². The van der Waals surface area contributed by atoms with Gasteiger partial charge in [-0.2, -0.15) is 0 Å². The predicted molar refractivity (Wildman–Crippen MR) is 115 cm³/mol. The molecule has 1 heterocycles. The molecule has 2 aromatic rings. The highest BCUT2D eigenvalue weighted by molar-refractivity contribution is 6.43. The van der Waals surface area contributed by atoms with Crippen LogP contribution in [0, 0.1) is 0 Å². The van der Waals surface area contributed by atoms with Crippen LogP contribution in [0.3, 0.4) is 0 Å². The first kappa shape index (κ1) is 21.6. The maximum absolute atomic E-state index is 12.4. The molecule has 0 bridgehead atoms. The van der Waals surface area contributed by atoms with Gasteiger partial charge in [-0.05, 0) is 47.4 Å². The smallest absolute Gasteiger partial charge is 0.314 e. The second-order valence-electron chi connectivity index (χ2n) is 8.20. The molecule has 1 fully saturated rings. The quantitative estimate of drug-likeness (QED) is 0.731. The molecule has 1 saturated heterocycles. The number of anilines is 2. The minimum atomic E-state index is -0.775. The average Bonchev–Trinajstić information content (AvgIpc) is 3.21. The van der Waals surface area contributed by atoms with Crippen molar-refractivity contribution in [2.45, 2.75) is 38.7 Å². The van der Waals surface area contributed by atoms with Crippen LogP contribution >= 0.6 is 0 Å². The first-order valence-corrected chi connectivity index (χ1v) is 9.91. The third kappa shape index (κ3) is 5.51. The number of methoxy groups -OCH3 is 1. The highest BCUT2D eigenvalue weighted by atomic mass is 16.5. The summed E-state index contributed by atoms with van der Waals surface area (Å²) < 4.78 is 16.4. The maximum Gasteiger partial charge on any atom is 0.314 e. The van der Waals surface area contributed by atoms with Gasteiger partial charge in [0.1, 0.15) is 17.6 Å². The van der Waals surface area contributed by atoms with Crippen molar-refractivity contribution in [3.8, 4) is 11.5 Å². The number of rotatable bonds is 5. The Morgan fingerprint density at radius 3 is 2.33 bits per heavy atom. The Kier molecular flexibility index (Phi) is 6.62. The third-order valence-corrected chi connectivity index (χ3v) is 4.82. The van der Waals surface area contributed by atoms with Crippen molar-refractivity contribution in [1.29, 1.82) is 0 Å². The van der Waals surface area contributed by atoms with Gasteiger partial charge in [-0.1, -0.05) is 26.8 Å². The van der Waals surface area contributed by atoms with E-state index in [1.807, 2.05) is 12.1 Å². The molecule has 0 aromatic heterocycles. The molecule has 1 atom stereocenters. The Labute approximate surface area is 176 Å². The van der Waals surface area contributed by atoms with Gasteiger partial charge in [0.05, 0.1) is 26.0 Å². The molecule has 0 radical (unpaired) electrons. The summed E-state index contributed by atoms with van der Waals surface area (Å²) in [4.78, 5) is 24.8. The molecule has 0 aliphatic carbocycles. The average molecular weight is 412 g/mol. The summed E-state index contributed by atoms with van der Waals surface area (Å²) in [7, 11) is 1.52. The molecule has 1 aliphatic rings. The summed E-state index contributed by atoms with van der Waals surface area (Å²) in [6.45, 7) is 7.50. The fourth-order valence-corrected chi connectivity index (χ4v) is 3.05. The summed E-state index contributed by atoms with van der Waals surface area (Å²) in [5, 5.41) is 5.23. The van der Waals surface area contributed by atoms with Gasteiger partial charge in [0.2, 0.25) is 0 Å². The van der Waals surface area contributed by atoms with Crippen LogP contribution in [0.1, 0.15) is 32.8 Å². The van der Waals surface area contributed by atoms with E-state index in [-0.39, 0.29) is 11.5 Å². The van der Waals surface area contributed by atoms with Gasteiger partial charge < -0.3 is 24.8 Å². The van der Waals surface area contributed by atoms with Crippen molar-refractivity contribution in [2.75, 3.05) is 31.0 Å². The summed E-state index contributed by atoms with van der Waals surface area (Å²) in [5.74, 6) is -0.364. The lowest BCUT2D eigenvalue weighted by atomic mass is 9.87. The molecule has 0 saturated carbocycles. The van der Waals surface area contributed by atoms with Crippen molar-refractivity contribution < 1.29 is 23.8 Å². The Bertz CT molecular complexity index is 897. The van der Waals surface area contributed by atoms with Crippen molar-refractivity contribution >= 4 is 23.2 Å². The zero-order valence-corrected chi connectivity index (χ0v) is 17.8. The summed E-state index contributed by atoms with van der Waals surface area (Å²) in [6, 6.07) is 12.4. The minimum Gasteiger partial charge on any atom is -0.495 e. The van der Waals surface area contributed by atoms with Gasteiger partial charge in [-0.25, -0.2) is 0 Å². The van der Waals surface area contributed by atoms with Crippen molar-refractivity contribution in [2.24, 2.45) is 0 Å². The van der Waals surface area contributed by atoms with Crippen molar-refractivity contribution in [3.63, 3.8) is 0 Å². The Hall–Kier alpha value is -3.06. The monoisotopic (exact) mass is 412 g/mol. The summed E-state index contributed by atoms with van der Waals surface area (Å²) >= 11 is 0. The first-order valence-electron chi connectivity index (χ1n) is 9.91. The van der Waals surface area contributed by atoms with E-state index in [0.717, 1.165) is 12.0 Å². The zero-order chi connectivity index (χ0) is 21.7. The normalized spacial score (nSPS) is 16.1. The molecule has 30 heavy (non-hydrogen) atoms. The van der Waals surface area contributed by atoms with Crippen LogP contribution in [-0.4, -0.2) is 38.2 Å². The number of hydrogen-bond donors (Lipinski definition) is 2. The van der Waals surface area contributed by atoms with Crippen LogP contribution in [0.15, 0.2) is 42.5 Å². The van der Waals surface area contributed by atoms with Crippen molar-refractivity contribution in [3.05, 3.63) is 48.0 Å². The molecule has 160 valence electrons. The first-order chi connectivity index (χ1) is 14.3. The zero-order valence-electron chi connectivity index (χ0n) is 17.8. The van der Waals surface area contributed by atoms with Gasteiger partial charge in [-0.15, -0.1) is 0 Å². The number of amides is 2. The number of benzene rings is 2. The molecule has 0 spiro atoms. The predicted octanol–water partition coefficient (Wildman–Crippen LogP) is 3.74. The van der Waals surface area contributed by atoms with Crippen LogP contribution in [-0.2, 0) is 19.7 Å². The molecular formula is C23H28N2O5. The Morgan fingerprint density at radius 1 is 1.03 bits per heavy atom. The lowest BCUT2D eigenvalue weighted by molar-refractivity contribution is -0.133. The molecule has 2 amide bonds. The number of hydrogen-bond acceptors (Lipinski definition) is 5. The molecule has 2 N–H and O–H groups in total. The van der Waals surface area contributed by atoms with E-state index in [2.05, 4.69) is 31.4 Å². The molecular weight excluding hydrogens is 384 g/mol. The van der Waals surface area contributed by atoms with E-state index in [0.29, 0.717) is 36.1 Å². The summed E-state index contributed by atoms with van der Waals surface area (Å²) in [5.41, 5.74) is 1.86. The van der Waals surface area contributed by atoms with E-state index >= 15 is 0 Å². The number of carbonyl (C=O) groups excluding carboxylic acids is 2. The minimum absolute atomic E-state index is 0.0510. The van der Waals surface area contributed by atoms with Crippen molar-refractivity contribution in [1.82, 2.24) is 0 Å². The van der Waals surface area contributed by atoms with Crippen LogP contribution in [0.2, 0.25) is 0 Å². The highest BCUT2D eigenvalue weighted by Gasteiger charge is 2.20. The summed E-state index contributed by atoms with van der Waals surface area (Å²) in [6.07, 6.45) is 0.911. The maximum atomic E-state index is 12.4. The fraction of sp³-hybridized carbons (Fsp3) is 0.391. The third-order valence-electron chi connectivity index (χ3n) is 4.82. The molecule has 3 rings (SSSR count). The van der Waals surface area contributed by atoms with Gasteiger partial charge >= 0.3 is 11.8 Å². The topological polar surface area (TPSA) is 85.9 Å². The van der Waals surface area contributed by atoms with Gasteiger partial charge in [0, 0.05) is 12.1 Å². The second kappa shape index (κ2) is 9.17. The Morgan fingerprint density at radius 2 is 1.73 bits per heavy atom. The number of carbonyl (C=O) groups is 2. The van der Waals surface area contributed by atoms with Crippen LogP contribution in [0.25, 0.3) is 0 Å². The van der Waals surface area contributed by atoms with Gasteiger partial charge in [0.25, 0.3) is 0 Å². The molecule has 7 nitrogen and oxygen atoms in total. The lowest BCUT2D eigenvalue weighted by Gasteiger charge is -2.21. The molecule has 1 aliphatic heterocycles. The largest absolute Gasteiger partial charge is 0.495 e. The SMILES string of the molecule is COc1ccc(C(C)(C)C)cc1NC(=O)C(=O)Nc1ccc(OC2CCOC2)cc1. The number of nitrogens with one attached hydrogen (secondary N) is 2. The van der Waals surface area contributed by atoms with E-state index in [4.69, 9.17) is 14.2 Å². The fourth-order valence-electron chi connectivity index (χ4n) is 3.05. The highest BCUT2D eigenvalue weighted by Crippen LogP contribution is 2.31. The van der Waals surface area contributed by atoms with E-state index in [1.165, 1.54) is 7.11 Å². The van der Waals surface area contributed by atoms with E-state index in [1.54, 1.807) is 30.3 Å². The van der Waals surface area contributed by atoms with Crippen LogP contribution in [0.4, 0.5) is 11.4 Å². The lowest BCUT2D eigenvalue weighted by Crippen LogP contribution is -2.29. The molecule has 1 unspecified atom stereocenters. The number of ether oxygens (including phenoxy) is 3. The van der Waals surface area contributed by atoms with Gasteiger partial charge in [0.15, 0.2) is 0 Å².